The Morgan fingerprint density at radius 1 is 1.20 bits per heavy atom. The molecule has 2 aliphatic heterocycles. The molecule has 3 fully saturated rings. The van der Waals surface area contributed by atoms with E-state index in [4.69, 9.17) is 4.52 Å². The van der Waals surface area contributed by atoms with Gasteiger partial charge in [0.1, 0.15) is 0 Å². The number of fused-ring (bicyclic) bond motifs is 2. The van der Waals surface area contributed by atoms with Gasteiger partial charge < -0.3 is 14.7 Å². The minimum absolute atomic E-state index is 0.504. The lowest BCUT2D eigenvalue weighted by Crippen LogP contribution is -2.39. The normalized spacial score (nSPS) is 33.8. The second-order valence-electron chi connectivity index (χ2n) is 6.84. The Morgan fingerprint density at radius 3 is 2.65 bits per heavy atom. The van der Waals surface area contributed by atoms with Gasteiger partial charge in [0.2, 0.25) is 5.89 Å². The number of piperidine rings is 1. The third kappa shape index (κ3) is 2.49. The van der Waals surface area contributed by atoms with Crippen molar-refractivity contribution in [1.29, 1.82) is 0 Å². The van der Waals surface area contributed by atoms with Crippen molar-refractivity contribution in [1.82, 2.24) is 20.4 Å². The Labute approximate surface area is 120 Å². The quantitative estimate of drug-likeness (QED) is 0.890. The fraction of sp³-hybridized carbons (Fsp3) is 0.867. The predicted octanol–water partition coefficient (Wildman–Crippen LogP) is 1.91. The predicted molar refractivity (Wildman–Crippen MR) is 75.3 cm³/mol. The van der Waals surface area contributed by atoms with Crippen molar-refractivity contribution >= 4 is 0 Å². The molecule has 1 aromatic heterocycles. The van der Waals surface area contributed by atoms with Crippen LogP contribution in [-0.4, -0.2) is 40.7 Å². The molecule has 1 aliphatic carbocycles. The maximum Gasteiger partial charge on any atom is 0.240 e. The second kappa shape index (κ2) is 5.11. The summed E-state index contributed by atoms with van der Waals surface area (Å²) in [6.45, 7) is 1.82. The van der Waals surface area contributed by atoms with Crippen molar-refractivity contribution in [3.63, 3.8) is 0 Å². The molecule has 1 aromatic rings. The van der Waals surface area contributed by atoms with Crippen LogP contribution in [0, 0.1) is 5.92 Å². The summed E-state index contributed by atoms with van der Waals surface area (Å²) >= 11 is 0. The van der Waals surface area contributed by atoms with Crippen LogP contribution in [0.4, 0.5) is 0 Å². The van der Waals surface area contributed by atoms with Crippen LogP contribution in [0.15, 0.2) is 4.52 Å². The van der Waals surface area contributed by atoms with Gasteiger partial charge in [0.25, 0.3) is 0 Å². The second-order valence-corrected chi connectivity index (χ2v) is 6.84. The van der Waals surface area contributed by atoms with Gasteiger partial charge in [0, 0.05) is 18.0 Å². The molecule has 0 aromatic carbocycles. The fourth-order valence-electron chi connectivity index (χ4n) is 3.83. The highest BCUT2D eigenvalue weighted by Gasteiger charge is 2.40. The van der Waals surface area contributed by atoms with Crippen LogP contribution in [0.5, 0.6) is 0 Å². The van der Waals surface area contributed by atoms with E-state index < -0.39 is 0 Å². The molecule has 5 heteroatoms. The Morgan fingerprint density at radius 2 is 1.95 bits per heavy atom. The first-order valence-corrected chi connectivity index (χ1v) is 8.04. The van der Waals surface area contributed by atoms with Crippen molar-refractivity contribution in [2.45, 2.75) is 63.1 Å². The summed E-state index contributed by atoms with van der Waals surface area (Å²) in [4.78, 5) is 7.16. The summed E-state index contributed by atoms with van der Waals surface area (Å²) in [7, 11) is 2.27. The third-order valence-corrected chi connectivity index (χ3v) is 5.35. The average Bonchev–Trinajstić information content (AvgIpc) is 3.12. The molecular formula is C15H24N4O. The molecule has 2 unspecified atom stereocenters. The SMILES string of the molecule is CN1C2CCC1CC(c1noc(CNCC3CC3)n1)C2. The van der Waals surface area contributed by atoms with Gasteiger partial charge in [-0.25, -0.2) is 0 Å². The highest BCUT2D eigenvalue weighted by Crippen LogP contribution is 2.41. The lowest BCUT2D eigenvalue weighted by atomic mass is 9.90. The Hall–Kier alpha value is -0.940. The maximum atomic E-state index is 5.40. The first-order valence-electron chi connectivity index (χ1n) is 8.04. The number of nitrogens with zero attached hydrogens (tertiary/aromatic N) is 3. The van der Waals surface area contributed by atoms with Gasteiger partial charge in [-0.1, -0.05) is 5.16 Å². The summed E-state index contributed by atoms with van der Waals surface area (Å²) in [5.41, 5.74) is 0. The van der Waals surface area contributed by atoms with Gasteiger partial charge in [0.15, 0.2) is 5.82 Å². The van der Waals surface area contributed by atoms with E-state index in [1.165, 1.54) is 38.5 Å². The zero-order valence-corrected chi connectivity index (χ0v) is 12.2. The molecule has 1 N–H and O–H groups in total. The molecular weight excluding hydrogens is 252 g/mol. The van der Waals surface area contributed by atoms with E-state index in [0.29, 0.717) is 5.92 Å². The van der Waals surface area contributed by atoms with E-state index in [9.17, 15) is 0 Å². The summed E-state index contributed by atoms with van der Waals surface area (Å²) in [6, 6.07) is 1.46. The summed E-state index contributed by atoms with van der Waals surface area (Å²) < 4.78 is 5.40. The topological polar surface area (TPSA) is 54.2 Å². The largest absolute Gasteiger partial charge is 0.338 e. The Bertz CT molecular complexity index is 456. The highest BCUT2D eigenvalue weighted by atomic mass is 16.5. The molecule has 20 heavy (non-hydrogen) atoms. The molecule has 3 aliphatic rings. The average molecular weight is 276 g/mol. The monoisotopic (exact) mass is 276 g/mol. The van der Waals surface area contributed by atoms with E-state index in [0.717, 1.165) is 42.8 Å². The molecule has 110 valence electrons. The van der Waals surface area contributed by atoms with E-state index in [-0.39, 0.29) is 0 Å². The van der Waals surface area contributed by atoms with E-state index in [1.54, 1.807) is 0 Å². The Balaban J connectivity index is 1.35. The number of aromatic nitrogens is 2. The first-order chi connectivity index (χ1) is 9.79. The molecule has 0 spiro atoms. The maximum absolute atomic E-state index is 5.40. The Kier molecular flexibility index (Phi) is 3.27. The molecule has 1 saturated carbocycles. The summed E-state index contributed by atoms with van der Waals surface area (Å²) in [5, 5.41) is 7.64. The van der Waals surface area contributed by atoms with Gasteiger partial charge in [0.05, 0.1) is 6.54 Å². The van der Waals surface area contributed by atoms with Crippen LogP contribution in [0.3, 0.4) is 0 Å². The standard InChI is InChI=1S/C15H24N4O/c1-19-12-4-5-13(19)7-11(6-12)15-17-14(20-18-15)9-16-8-10-2-3-10/h10-13,16H,2-9H2,1H3. The lowest BCUT2D eigenvalue weighted by molar-refractivity contribution is 0.157. The van der Waals surface area contributed by atoms with E-state index in [1.807, 2.05) is 0 Å². The van der Waals surface area contributed by atoms with Crippen LogP contribution in [0.2, 0.25) is 0 Å². The fourth-order valence-corrected chi connectivity index (χ4v) is 3.83. The van der Waals surface area contributed by atoms with Gasteiger partial charge in [-0.2, -0.15) is 4.98 Å². The van der Waals surface area contributed by atoms with Gasteiger partial charge in [-0.05, 0) is 58.0 Å². The van der Waals surface area contributed by atoms with Crippen molar-refractivity contribution in [2.75, 3.05) is 13.6 Å². The lowest BCUT2D eigenvalue weighted by Gasteiger charge is -2.34. The number of hydrogen-bond donors (Lipinski definition) is 1. The van der Waals surface area contributed by atoms with Crippen molar-refractivity contribution in [2.24, 2.45) is 5.92 Å². The number of nitrogens with one attached hydrogen (secondary N) is 1. The van der Waals surface area contributed by atoms with Crippen LogP contribution in [0.1, 0.15) is 56.2 Å². The zero-order valence-electron chi connectivity index (χ0n) is 12.2. The smallest absolute Gasteiger partial charge is 0.240 e. The van der Waals surface area contributed by atoms with Crippen molar-refractivity contribution in [3.8, 4) is 0 Å². The number of hydrogen-bond acceptors (Lipinski definition) is 5. The molecule has 0 amide bonds. The highest BCUT2D eigenvalue weighted by molar-refractivity contribution is 5.05. The molecule has 2 bridgehead atoms. The van der Waals surface area contributed by atoms with Crippen LogP contribution < -0.4 is 5.32 Å². The van der Waals surface area contributed by atoms with E-state index >= 15 is 0 Å². The third-order valence-electron chi connectivity index (χ3n) is 5.35. The van der Waals surface area contributed by atoms with E-state index in [2.05, 4.69) is 27.4 Å². The minimum atomic E-state index is 0.504. The molecule has 0 radical (unpaired) electrons. The van der Waals surface area contributed by atoms with Gasteiger partial charge in [-0.3, -0.25) is 0 Å². The minimum Gasteiger partial charge on any atom is -0.338 e. The summed E-state index contributed by atoms with van der Waals surface area (Å²) in [5.74, 6) is 3.09. The van der Waals surface area contributed by atoms with Gasteiger partial charge >= 0.3 is 0 Å². The molecule has 2 atom stereocenters. The van der Waals surface area contributed by atoms with Crippen molar-refractivity contribution in [3.05, 3.63) is 11.7 Å². The summed E-state index contributed by atoms with van der Waals surface area (Å²) in [6.07, 6.45) is 7.82. The van der Waals surface area contributed by atoms with Crippen LogP contribution >= 0.6 is 0 Å². The first kappa shape index (κ1) is 12.8. The number of rotatable bonds is 5. The van der Waals surface area contributed by atoms with Crippen LogP contribution in [0.25, 0.3) is 0 Å². The van der Waals surface area contributed by atoms with Crippen LogP contribution in [-0.2, 0) is 6.54 Å². The molecule has 2 saturated heterocycles. The molecule has 5 nitrogen and oxygen atoms in total. The molecule has 3 heterocycles. The molecule has 4 rings (SSSR count). The zero-order chi connectivity index (χ0) is 13.5. The van der Waals surface area contributed by atoms with Gasteiger partial charge in [-0.15, -0.1) is 0 Å². The van der Waals surface area contributed by atoms with Crippen molar-refractivity contribution < 1.29 is 4.52 Å².